The minimum atomic E-state index is -0.746. The zero-order valence-electron chi connectivity index (χ0n) is 5.57. The Hall–Kier alpha value is 0.130. The van der Waals surface area contributed by atoms with Gasteiger partial charge in [0.1, 0.15) is 5.82 Å². The summed E-state index contributed by atoms with van der Waals surface area (Å²) in [5.41, 5.74) is 0.0268. The number of benzene rings is 1. The van der Waals surface area contributed by atoms with Gasteiger partial charge >= 0.3 is 0 Å². The van der Waals surface area contributed by atoms with E-state index < -0.39 is 11.1 Å². The number of hydrogen-bond donors (Lipinski definition) is 0. The lowest BCUT2D eigenvalue weighted by atomic mass is 10.2. The van der Waals surface area contributed by atoms with Crippen molar-refractivity contribution in [1.29, 1.82) is 0 Å². The maximum atomic E-state index is 12.8. The van der Waals surface area contributed by atoms with Crippen LogP contribution in [0.25, 0.3) is 0 Å². The largest absolute Gasteiger partial charge is 0.276 e. The third-order valence-corrected chi connectivity index (χ3v) is 2.70. The van der Waals surface area contributed by atoms with Crippen molar-refractivity contribution in [2.45, 2.75) is 0 Å². The van der Waals surface area contributed by atoms with E-state index in [2.05, 4.69) is 0 Å². The van der Waals surface area contributed by atoms with Gasteiger partial charge < -0.3 is 0 Å². The van der Waals surface area contributed by atoms with Crippen molar-refractivity contribution in [1.82, 2.24) is 0 Å². The first kappa shape index (κ1) is 10.2. The summed E-state index contributed by atoms with van der Waals surface area (Å²) in [6, 6.07) is 2.63. The highest BCUT2D eigenvalue weighted by Crippen LogP contribution is 2.26. The SMILES string of the molecule is O=C(Cl)c1c(I)ccc(F)c1Cl. The van der Waals surface area contributed by atoms with E-state index in [4.69, 9.17) is 23.2 Å². The van der Waals surface area contributed by atoms with Gasteiger partial charge in [0, 0.05) is 3.57 Å². The molecule has 0 spiro atoms. The van der Waals surface area contributed by atoms with E-state index in [0.717, 1.165) is 0 Å². The summed E-state index contributed by atoms with van der Waals surface area (Å²) in [6.07, 6.45) is 0. The number of halogens is 4. The Balaban J connectivity index is 3.43. The van der Waals surface area contributed by atoms with E-state index in [1.807, 2.05) is 22.6 Å². The van der Waals surface area contributed by atoms with Crippen LogP contribution in [0, 0.1) is 9.39 Å². The molecule has 0 bridgehead atoms. The highest BCUT2D eigenvalue weighted by atomic mass is 127. The Bertz CT molecular complexity index is 340. The van der Waals surface area contributed by atoms with Crippen molar-refractivity contribution in [2.75, 3.05) is 0 Å². The lowest BCUT2D eigenvalue weighted by molar-refractivity contribution is 0.108. The Labute approximate surface area is 92.0 Å². The van der Waals surface area contributed by atoms with Crippen LogP contribution in [0.15, 0.2) is 12.1 Å². The first-order chi connectivity index (χ1) is 5.54. The molecule has 1 rings (SSSR count). The molecule has 0 N–H and O–H groups in total. The van der Waals surface area contributed by atoms with Gasteiger partial charge in [-0.3, -0.25) is 4.79 Å². The molecule has 0 aliphatic heterocycles. The fourth-order valence-electron chi connectivity index (χ4n) is 0.707. The molecule has 0 fully saturated rings. The van der Waals surface area contributed by atoms with Crippen LogP contribution in [0.5, 0.6) is 0 Å². The number of carbonyl (C=O) groups excluding carboxylic acids is 1. The van der Waals surface area contributed by atoms with Crippen molar-refractivity contribution in [3.63, 3.8) is 0 Å². The second kappa shape index (κ2) is 3.89. The molecule has 1 aromatic rings. The maximum Gasteiger partial charge on any atom is 0.255 e. The second-order valence-corrected chi connectivity index (χ2v) is 3.88. The number of carbonyl (C=O) groups is 1. The van der Waals surface area contributed by atoms with Gasteiger partial charge in [0.2, 0.25) is 0 Å². The molecule has 1 aromatic carbocycles. The van der Waals surface area contributed by atoms with Gasteiger partial charge in [-0.15, -0.1) is 0 Å². The minimum absolute atomic E-state index is 0.0268. The van der Waals surface area contributed by atoms with Crippen LogP contribution in [0.4, 0.5) is 4.39 Å². The Morgan fingerprint density at radius 3 is 2.50 bits per heavy atom. The molecular formula is C7H2Cl2FIO. The van der Waals surface area contributed by atoms with E-state index in [-0.39, 0.29) is 10.6 Å². The van der Waals surface area contributed by atoms with E-state index in [9.17, 15) is 9.18 Å². The molecule has 0 aliphatic carbocycles. The number of rotatable bonds is 1. The molecule has 0 unspecified atom stereocenters. The van der Waals surface area contributed by atoms with E-state index >= 15 is 0 Å². The minimum Gasteiger partial charge on any atom is -0.276 e. The lowest BCUT2D eigenvalue weighted by Crippen LogP contribution is -1.96. The summed E-state index contributed by atoms with van der Waals surface area (Å²) in [4.78, 5) is 10.7. The average Bonchev–Trinajstić information content (AvgIpc) is 1.97. The van der Waals surface area contributed by atoms with Gasteiger partial charge in [0.05, 0.1) is 10.6 Å². The van der Waals surface area contributed by atoms with Gasteiger partial charge in [-0.2, -0.15) is 0 Å². The zero-order chi connectivity index (χ0) is 9.30. The zero-order valence-corrected chi connectivity index (χ0v) is 9.24. The summed E-state index contributed by atoms with van der Waals surface area (Å²) in [5.74, 6) is -0.638. The normalized spacial score (nSPS) is 10.0. The van der Waals surface area contributed by atoms with Gasteiger partial charge in [-0.25, -0.2) is 4.39 Å². The predicted octanol–water partition coefficient (Wildman–Crippen LogP) is 3.46. The van der Waals surface area contributed by atoms with Crippen molar-refractivity contribution in [2.24, 2.45) is 0 Å². The van der Waals surface area contributed by atoms with E-state index in [1.54, 1.807) is 0 Å². The summed E-state index contributed by atoms with van der Waals surface area (Å²) >= 11 is 12.6. The van der Waals surface area contributed by atoms with Crippen LogP contribution in [0.3, 0.4) is 0 Å². The van der Waals surface area contributed by atoms with Crippen molar-refractivity contribution in [3.05, 3.63) is 32.1 Å². The first-order valence-electron chi connectivity index (χ1n) is 2.87. The molecule has 0 amide bonds. The molecule has 12 heavy (non-hydrogen) atoms. The summed E-state index contributed by atoms with van der Waals surface area (Å²) < 4.78 is 13.3. The van der Waals surface area contributed by atoms with Crippen molar-refractivity contribution >= 4 is 51.0 Å². The molecule has 1 nitrogen and oxygen atoms in total. The van der Waals surface area contributed by atoms with Crippen LogP contribution in [0.2, 0.25) is 5.02 Å². The van der Waals surface area contributed by atoms with Gasteiger partial charge in [-0.05, 0) is 46.3 Å². The quantitative estimate of drug-likeness (QED) is 0.440. The van der Waals surface area contributed by atoms with Crippen molar-refractivity contribution < 1.29 is 9.18 Å². The lowest BCUT2D eigenvalue weighted by Gasteiger charge is -2.01. The van der Waals surface area contributed by atoms with Crippen LogP contribution < -0.4 is 0 Å². The third kappa shape index (κ3) is 1.89. The average molecular weight is 319 g/mol. The van der Waals surface area contributed by atoms with Gasteiger partial charge in [0.15, 0.2) is 0 Å². The van der Waals surface area contributed by atoms with Crippen molar-refractivity contribution in [3.8, 4) is 0 Å². The molecule has 0 aliphatic rings. The Morgan fingerprint density at radius 1 is 1.50 bits per heavy atom. The molecule has 5 heteroatoms. The molecule has 0 saturated heterocycles. The molecule has 0 aromatic heterocycles. The summed E-state index contributed by atoms with van der Waals surface area (Å²) in [6.45, 7) is 0. The van der Waals surface area contributed by atoms with Crippen LogP contribution >= 0.6 is 45.8 Å². The summed E-state index contributed by atoms with van der Waals surface area (Å²) in [5, 5.41) is -0.967. The molecule has 0 saturated carbocycles. The molecule has 0 atom stereocenters. The fraction of sp³-hybridized carbons (Fsp3) is 0. The molecular weight excluding hydrogens is 317 g/mol. The molecule has 64 valence electrons. The maximum absolute atomic E-state index is 12.8. The predicted molar refractivity (Wildman–Crippen MR) is 54.3 cm³/mol. The monoisotopic (exact) mass is 318 g/mol. The molecule has 0 radical (unpaired) electrons. The standard InChI is InChI=1S/C7H2Cl2FIO/c8-6-3(10)1-2-4(11)5(6)7(9)12/h1-2H. The first-order valence-corrected chi connectivity index (χ1v) is 4.71. The third-order valence-electron chi connectivity index (χ3n) is 1.24. The molecule has 0 heterocycles. The smallest absolute Gasteiger partial charge is 0.255 e. The van der Waals surface area contributed by atoms with E-state index in [0.29, 0.717) is 3.57 Å². The highest BCUT2D eigenvalue weighted by molar-refractivity contribution is 14.1. The van der Waals surface area contributed by atoms with Crippen LogP contribution in [0.1, 0.15) is 10.4 Å². The van der Waals surface area contributed by atoms with Crippen LogP contribution in [-0.4, -0.2) is 5.24 Å². The van der Waals surface area contributed by atoms with E-state index in [1.165, 1.54) is 12.1 Å². The highest BCUT2D eigenvalue weighted by Gasteiger charge is 2.15. The number of hydrogen-bond acceptors (Lipinski definition) is 1. The fourth-order valence-corrected chi connectivity index (χ4v) is 2.22. The Morgan fingerprint density at radius 2 is 2.08 bits per heavy atom. The van der Waals surface area contributed by atoms with Gasteiger partial charge in [-0.1, -0.05) is 11.6 Å². The van der Waals surface area contributed by atoms with Gasteiger partial charge in [0.25, 0.3) is 5.24 Å². The Kier molecular flexibility index (Phi) is 3.31. The summed E-state index contributed by atoms with van der Waals surface area (Å²) in [7, 11) is 0. The second-order valence-electron chi connectivity index (χ2n) is 1.99. The topological polar surface area (TPSA) is 17.1 Å². The van der Waals surface area contributed by atoms with Crippen LogP contribution in [-0.2, 0) is 0 Å².